The van der Waals surface area contributed by atoms with Gasteiger partial charge in [-0.1, -0.05) is 29.8 Å². The van der Waals surface area contributed by atoms with Gasteiger partial charge in [0.15, 0.2) is 0 Å². The van der Waals surface area contributed by atoms with Crippen LogP contribution in [0.15, 0.2) is 24.3 Å². The lowest BCUT2D eigenvalue weighted by Crippen LogP contribution is -2.54. The minimum absolute atomic E-state index is 0.114. The van der Waals surface area contributed by atoms with Crippen molar-refractivity contribution in [3.63, 3.8) is 0 Å². The Labute approximate surface area is 122 Å². The molecule has 1 aromatic rings. The van der Waals surface area contributed by atoms with E-state index in [9.17, 15) is 0 Å². The van der Waals surface area contributed by atoms with Crippen LogP contribution in [0.3, 0.4) is 0 Å². The lowest BCUT2D eigenvalue weighted by Gasteiger charge is -2.42. The van der Waals surface area contributed by atoms with Gasteiger partial charge in [-0.3, -0.25) is 9.80 Å². The van der Waals surface area contributed by atoms with Gasteiger partial charge in [0.2, 0.25) is 0 Å². The van der Waals surface area contributed by atoms with Crippen LogP contribution in [0.4, 0.5) is 0 Å². The van der Waals surface area contributed by atoms with Crippen LogP contribution in [-0.4, -0.2) is 48.1 Å². The molecule has 0 amide bonds. The third-order valence-corrected chi connectivity index (χ3v) is 5.18. The smallest absolute Gasteiger partial charge is 0.0450 e. The number of piperazine rings is 1. The highest BCUT2D eigenvalue weighted by atomic mass is 15.3. The zero-order valence-electron chi connectivity index (χ0n) is 12.8. The Kier molecular flexibility index (Phi) is 4.11. The summed E-state index contributed by atoms with van der Waals surface area (Å²) < 4.78 is 0. The Morgan fingerprint density at radius 1 is 1.15 bits per heavy atom. The molecule has 3 heteroatoms. The maximum absolute atomic E-state index is 6.50. The molecule has 2 heterocycles. The summed E-state index contributed by atoms with van der Waals surface area (Å²) in [4.78, 5) is 5.25. The Bertz CT molecular complexity index is 442. The van der Waals surface area contributed by atoms with Crippen LogP contribution in [0.2, 0.25) is 0 Å². The Morgan fingerprint density at radius 3 is 2.65 bits per heavy atom. The number of fused-ring (bicyclic) bond motifs is 1. The van der Waals surface area contributed by atoms with Gasteiger partial charge < -0.3 is 5.73 Å². The highest BCUT2D eigenvalue weighted by Gasteiger charge is 2.33. The first-order valence-corrected chi connectivity index (χ1v) is 7.95. The highest BCUT2D eigenvalue weighted by Crippen LogP contribution is 2.26. The summed E-state index contributed by atoms with van der Waals surface area (Å²) in [7, 11) is 0. The molecule has 0 bridgehead atoms. The predicted octanol–water partition coefficient (Wildman–Crippen LogP) is 2.16. The molecule has 1 aromatic carbocycles. The third kappa shape index (κ3) is 2.76. The van der Waals surface area contributed by atoms with Crippen molar-refractivity contribution in [2.24, 2.45) is 5.73 Å². The molecule has 0 radical (unpaired) electrons. The number of hydrogen-bond acceptors (Lipinski definition) is 3. The van der Waals surface area contributed by atoms with Crippen molar-refractivity contribution in [3.05, 3.63) is 35.4 Å². The summed E-state index contributed by atoms with van der Waals surface area (Å²) in [6, 6.07) is 10.00. The zero-order chi connectivity index (χ0) is 14.1. The minimum atomic E-state index is 0.114. The quantitative estimate of drug-likeness (QED) is 0.916. The zero-order valence-corrected chi connectivity index (χ0v) is 12.8. The van der Waals surface area contributed by atoms with Crippen molar-refractivity contribution in [3.8, 4) is 0 Å². The number of benzene rings is 1. The third-order valence-electron chi connectivity index (χ3n) is 5.18. The SMILES string of the molecule is Cc1ccc(C(N)C(C)N2CCN3CCCC3C2)cc1. The van der Waals surface area contributed by atoms with Gasteiger partial charge in [-0.05, 0) is 38.8 Å². The molecular weight excluding hydrogens is 246 g/mol. The maximum Gasteiger partial charge on any atom is 0.0450 e. The molecule has 2 fully saturated rings. The van der Waals surface area contributed by atoms with Crippen molar-refractivity contribution in [1.82, 2.24) is 9.80 Å². The standard InChI is InChI=1S/C17H27N3/c1-13-5-7-15(8-6-13)17(18)14(2)20-11-10-19-9-3-4-16(19)12-20/h5-8,14,16-17H,3-4,9-12,18H2,1-2H3. The van der Waals surface area contributed by atoms with Gasteiger partial charge in [0.25, 0.3) is 0 Å². The Balaban J connectivity index is 1.65. The number of nitrogens with zero attached hydrogens (tertiary/aromatic N) is 2. The van der Waals surface area contributed by atoms with E-state index in [-0.39, 0.29) is 6.04 Å². The van der Waals surface area contributed by atoms with Crippen molar-refractivity contribution in [1.29, 1.82) is 0 Å². The second kappa shape index (κ2) is 5.84. The summed E-state index contributed by atoms with van der Waals surface area (Å²) in [6.07, 6.45) is 2.74. The van der Waals surface area contributed by atoms with E-state index >= 15 is 0 Å². The van der Waals surface area contributed by atoms with Crippen LogP contribution in [0.5, 0.6) is 0 Å². The molecule has 3 unspecified atom stereocenters. The molecule has 0 aromatic heterocycles. The van der Waals surface area contributed by atoms with E-state index in [0.29, 0.717) is 6.04 Å². The van der Waals surface area contributed by atoms with Crippen LogP contribution in [0.1, 0.15) is 36.9 Å². The van der Waals surface area contributed by atoms with Gasteiger partial charge in [0.1, 0.15) is 0 Å². The summed E-state index contributed by atoms with van der Waals surface area (Å²) >= 11 is 0. The fourth-order valence-electron chi connectivity index (χ4n) is 3.68. The van der Waals surface area contributed by atoms with E-state index in [0.717, 1.165) is 12.6 Å². The molecule has 3 nitrogen and oxygen atoms in total. The first-order chi connectivity index (χ1) is 9.65. The van der Waals surface area contributed by atoms with E-state index in [1.165, 1.54) is 43.6 Å². The lowest BCUT2D eigenvalue weighted by molar-refractivity contribution is 0.0682. The van der Waals surface area contributed by atoms with Crippen molar-refractivity contribution >= 4 is 0 Å². The Hall–Kier alpha value is -0.900. The van der Waals surface area contributed by atoms with Crippen LogP contribution in [0.25, 0.3) is 0 Å². The van der Waals surface area contributed by atoms with Crippen LogP contribution in [0, 0.1) is 6.92 Å². The first kappa shape index (κ1) is 14.1. The largest absolute Gasteiger partial charge is 0.323 e. The lowest BCUT2D eigenvalue weighted by atomic mass is 9.98. The van der Waals surface area contributed by atoms with Crippen LogP contribution >= 0.6 is 0 Å². The molecule has 2 N–H and O–H groups in total. The molecule has 0 saturated carbocycles. The summed E-state index contributed by atoms with van der Waals surface area (Å²) in [5, 5.41) is 0. The van der Waals surface area contributed by atoms with Crippen molar-refractivity contribution < 1.29 is 0 Å². The molecule has 3 atom stereocenters. The van der Waals surface area contributed by atoms with Gasteiger partial charge >= 0.3 is 0 Å². The van der Waals surface area contributed by atoms with E-state index in [1.807, 2.05) is 0 Å². The van der Waals surface area contributed by atoms with Crippen molar-refractivity contribution in [2.45, 2.75) is 44.8 Å². The molecule has 110 valence electrons. The van der Waals surface area contributed by atoms with Gasteiger partial charge in [-0.25, -0.2) is 0 Å². The molecule has 0 spiro atoms. The highest BCUT2D eigenvalue weighted by molar-refractivity contribution is 5.25. The number of rotatable bonds is 3. The fraction of sp³-hybridized carbons (Fsp3) is 0.647. The summed E-state index contributed by atoms with van der Waals surface area (Å²) in [6.45, 7) is 9.29. The molecule has 2 saturated heterocycles. The number of nitrogens with two attached hydrogens (primary N) is 1. The van der Waals surface area contributed by atoms with Gasteiger partial charge in [-0.2, -0.15) is 0 Å². The fourth-order valence-corrected chi connectivity index (χ4v) is 3.68. The van der Waals surface area contributed by atoms with Crippen LogP contribution < -0.4 is 5.73 Å². The van der Waals surface area contributed by atoms with Crippen LogP contribution in [-0.2, 0) is 0 Å². The van der Waals surface area contributed by atoms with Crippen molar-refractivity contribution in [2.75, 3.05) is 26.2 Å². The minimum Gasteiger partial charge on any atom is -0.323 e. The summed E-state index contributed by atoms with van der Waals surface area (Å²) in [5.41, 5.74) is 9.06. The molecule has 2 aliphatic rings. The average Bonchev–Trinajstić information content (AvgIpc) is 2.94. The molecule has 20 heavy (non-hydrogen) atoms. The van der Waals surface area contributed by atoms with E-state index in [1.54, 1.807) is 0 Å². The second-order valence-corrected chi connectivity index (χ2v) is 6.50. The molecule has 2 aliphatic heterocycles. The monoisotopic (exact) mass is 273 g/mol. The number of hydrogen-bond donors (Lipinski definition) is 1. The summed E-state index contributed by atoms with van der Waals surface area (Å²) in [5.74, 6) is 0. The second-order valence-electron chi connectivity index (χ2n) is 6.50. The van der Waals surface area contributed by atoms with Gasteiger partial charge in [0, 0.05) is 37.8 Å². The van der Waals surface area contributed by atoms with E-state index in [4.69, 9.17) is 5.73 Å². The van der Waals surface area contributed by atoms with Gasteiger partial charge in [0.05, 0.1) is 0 Å². The molecule has 3 rings (SSSR count). The molecule has 0 aliphatic carbocycles. The predicted molar refractivity (Wildman–Crippen MR) is 83.7 cm³/mol. The first-order valence-electron chi connectivity index (χ1n) is 7.95. The normalized spacial score (nSPS) is 27.2. The molecular formula is C17H27N3. The topological polar surface area (TPSA) is 32.5 Å². The maximum atomic E-state index is 6.50. The van der Waals surface area contributed by atoms with Gasteiger partial charge in [-0.15, -0.1) is 0 Å². The number of aryl methyl sites for hydroxylation is 1. The van der Waals surface area contributed by atoms with E-state index in [2.05, 4.69) is 47.9 Å². The van der Waals surface area contributed by atoms with E-state index < -0.39 is 0 Å². The average molecular weight is 273 g/mol. The Morgan fingerprint density at radius 2 is 1.90 bits per heavy atom.